The summed E-state index contributed by atoms with van der Waals surface area (Å²) in [5, 5.41) is 1.10. The molecule has 1 amide bonds. The Morgan fingerprint density at radius 1 is 0.840 bits per heavy atom. The average molecular weight is 332 g/mol. The van der Waals surface area contributed by atoms with Crippen molar-refractivity contribution >= 4 is 17.4 Å². The van der Waals surface area contributed by atoms with Crippen LogP contribution in [-0.2, 0) is 6.54 Å². The molecule has 0 saturated heterocycles. The molecule has 0 atom stereocenters. The van der Waals surface area contributed by atoms with Crippen LogP contribution < -0.4 is 15.4 Å². The van der Waals surface area contributed by atoms with Crippen LogP contribution in [-0.4, -0.2) is 11.7 Å². The van der Waals surface area contributed by atoms with Crippen LogP contribution in [0.2, 0.25) is 0 Å². The lowest BCUT2D eigenvalue weighted by Gasteiger charge is -2.15. The van der Waals surface area contributed by atoms with Gasteiger partial charge in [-0.3, -0.25) is 9.59 Å². The van der Waals surface area contributed by atoms with E-state index in [0.717, 1.165) is 5.01 Å². The van der Waals surface area contributed by atoms with Crippen molar-refractivity contribution < 1.29 is 14.2 Å². The molecule has 0 bridgehead atoms. The van der Waals surface area contributed by atoms with Crippen LogP contribution in [0.4, 0.5) is 5.69 Å². The van der Waals surface area contributed by atoms with E-state index in [1.54, 1.807) is 53.4 Å². The van der Waals surface area contributed by atoms with Crippen molar-refractivity contribution in [1.82, 2.24) is 0 Å². The zero-order valence-corrected chi connectivity index (χ0v) is 13.6. The molecule has 3 aromatic rings. The Bertz CT molecular complexity index is 880. The Labute approximate surface area is 145 Å². The number of rotatable bonds is 5. The fraction of sp³-hybridized carbons (Fsp3) is 0.0500. The number of anilines is 1. The minimum Gasteiger partial charge on any atom is -0.287 e. The van der Waals surface area contributed by atoms with Crippen LogP contribution in [0.1, 0.15) is 20.7 Å². The van der Waals surface area contributed by atoms with Crippen molar-refractivity contribution in [2.45, 2.75) is 6.54 Å². The Morgan fingerprint density at radius 3 is 2.12 bits per heavy atom. The molecule has 0 saturated carbocycles. The third-order valence-electron chi connectivity index (χ3n) is 3.78. The van der Waals surface area contributed by atoms with Gasteiger partial charge in [0.25, 0.3) is 5.91 Å². The number of nitrogens with two attached hydrogens (primary N) is 1. The molecule has 5 nitrogen and oxygen atoms in total. The van der Waals surface area contributed by atoms with Crippen molar-refractivity contribution in [2.24, 2.45) is 5.84 Å². The molecule has 124 valence electrons. The fourth-order valence-corrected chi connectivity index (χ4v) is 2.47. The molecule has 2 aromatic carbocycles. The molecule has 5 heteroatoms. The van der Waals surface area contributed by atoms with Crippen LogP contribution in [0.3, 0.4) is 0 Å². The second-order valence-electron chi connectivity index (χ2n) is 5.56. The number of para-hydroxylation sites is 1. The number of hydrogen-bond acceptors (Lipinski definition) is 3. The SMILES string of the molecule is NN(C(=O)c1ccc[n+](CC(=O)c2ccccc2)c1)c1ccccc1. The topological polar surface area (TPSA) is 67.3 Å². The summed E-state index contributed by atoms with van der Waals surface area (Å²) in [5.41, 5.74) is 1.65. The lowest BCUT2D eigenvalue weighted by Crippen LogP contribution is -2.41. The first kappa shape index (κ1) is 16.5. The first-order valence-electron chi connectivity index (χ1n) is 7.87. The highest BCUT2D eigenvalue weighted by Gasteiger charge is 2.18. The van der Waals surface area contributed by atoms with Crippen LogP contribution in [0, 0.1) is 0 Å². The summed E-state index contributed by atoms with van der Waals surface area (Å²) in [4.78, 5) is 24.9. The number of benzene rings is 2. The highest BCUT2D eigenvalue weighted by atomic mass is 16.2. The fourth-order valence-electron chi connectivity index (χ4n) is 2.47. The molecule has 1 aromatic heterocycles. The first-order valence-corrected chi connectivity index (χ1v) is 7.87. The lowest BCUT2D eigenvalue weighted by molar-refractivity contribution is -0.683. The number of pyridine rings is 1. The standard InChI is InChI=1S/C20H18N3O2/c21-23(18-11-5-2-6-12-18)20(25)17-10-7-13-22(14-17)15-19(24)16-8-3-1-4-9-16/h1-14H,15,21H2/q+1. The molecule has 3 rings (SSSR count). The number of amides is 1. The minimum atomic E-state index is -0.340. The number of hydrazine groups is 1. The van der Waals surface area contributed by atoms with Crippen molar-refractivity contribution in [3.05, 3.63) is 96.3 Å². The van der Waals surface area contributed by atoms with Crippen LogP contribution in [0.25, 0.3) is 0 Å². The van der Waals surface area contributed by atoms with Gasteiger partial charge in [-0.1, -0.05) is 48.5 Å². The van der Waals surface area contributed by atoms with E-state index in [1.807, 2.05) is 36.4 Å². The third kappa shape index (κ3) is 3.97. The summed E-state index contributed by atoms with van der Waals surface area (Å²) in [6, 6.07) is 21.5. The van der Waals surface area contributed by atoms with Gasteiger partial charge in [-0.05, 0) is 18.2 Å². The molecule has 25 heavy (non-hydrogen) atoms. The number of aromatic nitrogens is 1. The maximum Gasteiger partial charge on any atom is 0.278 e. The monoisotopic (exact) mass is 332 g/mol. The molecule has 0 aliphatic rings. The van der Waals surface area contributed by atoms with E-state index in [-0.39, 0.29) is 18.2 Å². The Hall–Kier alpha value is -3.31. The van der Waals surface area contributed by atoms with Gasteiger partial charge in [-0.2, -0.15) is 4.57 Å². The van der Waals surface area contributed by atoms with E-state index in [4.69, 9.17) is 5.84 Å². The summed E-state index contributed by atoms with van der Waals surface area (Å²) in [6.07, 6.45) is 3.38. The van der Waals surface area contributed by atoms with E-state index in [9.17, 15) is 9.59 Å². The van der Waals surface area contributed by atoms with Crippen molar-refractivity contribution in [3.8, 4) is 0 Å². The largest absolute Gasteiger partial charge is 0.287 e. The predicted octanol–water partition coefficient (Wildman–Crippen LogP) is 2.38. The Balaban J connectivity index is 1.77. The van der Waals surface area contributed by atoms with E-state index in [1.165, 1.54) is 0 Å². The van der Waals surface area contributed by atoms with Crippen LogP contribution >= 0.6 is 0 Å². The Morgan fingerprint density at radius 2 is 1.44 bits per heavy atom. The maximum absolute atomic E-state index is 12.6. The van der Waals surface area contributed by atoms with Gasteiger partial charge in [-0.15, -0.1) is 0 Å². The van der Waals surface area contributed by atoms with Gasteiger partial charge in [0.2, 0.25) is 12.3 Å². The van der Waals surface area contributed by atoms with Crippen LogP contribution in [0.15, 0.2) is 85.2 Å². The quantitative estimate of drug-likeness (QED) is 0.256. The normalized spacial score (nSPS) is 10.3. The lowest BCUT2D eigenvalue weighted by atomic mass is 10.1. The molecule has 0 spiro atoms. The van der Waals surface area contributed by atoms with Crippen molar-refractivity contribution in [2.75, 3.05) is 5.01 Å². The summed E-state index contributed by atoms with van der Waals surface area (Å²) in [5.74, 6) is 5.56. The predicted molar refractivity (Wildman–Crippen MR) is 94.8 cm³/mol. The zero-order valence-electron chi connectivity index (χ0n) is 13.6. The molecule has 2 N–H and O–H groups in total. The summed E-state index contributed by atoms with van der Waals surface area (Å²) >= 11 is 0. The molecule has 1 heterocycles. The van der Waals surface area contributed by atoms with Gasteiger partial charge in [0.15, 0.2) is 12.4 Å². The third-order valence-corrected chi connectivity index (χ3v) is 3.78. The van der Waals surface area contributed by atoms with E-state index in [2.05, 4.69) is 0 Å². The van der Waals surface area contributed by atoms with Gasteiger partial charge in [0.1, 0.15) is 5.56 Å². The van der Waals surface area contributed by atoms with Crippen LogP contribution in [0.5, 0.6) is 0 Å². The number of nitrogens with zero attached hydrogens (tertiary/aromatic N) is 2. The van der Waals surface area contributed by atoms with Gasteiger partial charge in [0.05, 0.1) is 5.69 Å². The molecule has 0 fully saturated rings. The average Bonchev–Trinajstić information content (AvgIpc) is 2.68. The van der Waals surface area contributed by atoms with Gasteiger partial charge in [0, 0.05) is 11.6 Å². The number of hydrogen-bond donors (Lipinski definition) is 1. The van der Waals surface area contributed by atoms with Gasteiger partial charge in [-0.25, -0.2) is 10.9 Å². The summed E-state index contributed by atoms with van der Waals surface area (Å²) < 4.78 is 1.68. The second-order valence-corrected chi connectivity index (χ2v) is 5.56. The number of carbonyl (C=O) groups is 2. The molecule has 0 radical (unpaired) electrons. The van der Waals surface area contributed by atoms with E-state index < -0.39 is 0 Å². The second kappa shape index (κ2) is 7.51. The molecule has 0 aliphatic carbocycles. The van der Waals surface area contributed by atoms with E-state index >= 15 is 0 Å². The minimum absolute atomic E-state index is 0.0251. The number of carbonyl (C=O) groups excluding carboxylic acids is 2. The maximum atomic E-state index is 12.6. The summed E-state index contributed by atoms with van der Waals surface area (Å²) in [7, 11) is 0. The van der Waals surface area contributed by atoms with E-state index in [0.29, 0.717) is 16.8 Å². The number of ketones is 1. The van der Waals surface area contributed by atoms with Gasteiger partial charge >= 0.3 is 0 Å². The summed E-state index contributed by atoms with van der Waals surface area (Å²) in [6.45, 7) is 0.154. The van der Waals surface area contributed by atoms with Crippen molar-refractivity contribution in [1.29, 1.82) is 0 Å². The highest BCUT2D eigenvalue weighted by molar-refractivity contribution is 6.04. The number of Topliss-reactive ketones (excluding diaryl/α,β-unsaturated/α-hetero) is 1. The zero-order chi connectivity index (χ0) is 17.6. The molecule has 0 aliphatic heterocycles. The highest BCUT2D eigenvalue weighted by Crippen LogP contribution is 2.12. The Kier molecular flexibility index (Phi) is 4.97. The molecular weight excluding hydrogens is 314 g/mol. The molecule has 0 unspecified atom stereocenters. The first-order chi connectivity index (χ1) is 12.1. The van der Waals surface area contributed by atoms with Crippen molar-refractivity contribution in [3.63, 3.8) is 0 Å². The van der Waals surface area contributed by atoms with Gasteiger partial charge < -0.3 is 0 Å². The smallest absolute Gasteiger partial charge is 0.278 e. The molecular formula is C20H18N3O2+.